The van der Waals surface area contributed by atoms with E-state index in [0.29, 0.717) is 21.4 Å². The second-order valence-corrected chi connectivity index (χ2v) is 9.71. The number of carbonyl (C=O) groups excluding carboxylic acids is 2. The maximum absolute atomic E-state index is 13.2. The number of halogens is 3. The van der Waals surface area contributed by atoms with Gasteiger partial charge in [0.2, 0.25) is 5.91 Å². The Hall–Kier alpha value is -1.76. The zero-order valence-electron chi connectivity index (χ0n) is 18.0. The molecule has 32 heavy (non-hydrogen) atoms. The average molecular weight is 542 g/mol. The van der Waals surface area contributed by atoms with Gasteiger partial charge in [0.15, 0.2) is 6.61 Å². The zero-order chi connectivity index (χ0) is 23.1. The number of nitrogens with one attached hydrogen (secondary N) is 1. The summed E-state index contributed by atoms with van der Waals surface area (Å²) in [6.45, 7) is 1.63. The quantitative estimate of drug-likeness (QED) is 0.445. The maximum Gasteiger partial charge on any atom is 0.261 e. The van der Waals surface area contributed by atoms with Crippen LogP contribution in [0, 0.1) is 0 Å². The highest BCUT2D eigenvalue weighted by atomic mass is 79.9. The van der Waals surface area contributed by atoms with Gasteiger partial charge < -0.3 is 15.0 Å². The Morgan fingerprint density at radius 3 is 2.34 bits per heavy atom. The molecule has 1 saturated carbocycles. The SMILES string of the molecule is C[C@H](C(=O)NC1CCCCC1)N(Cc1c(Cl)cccc1Cl)C(=O)COc1ccc(Br)cc1. The molecule has 3 rings (SSSR count). The van der Waals surface area contributed by atoms with Crippen LogP contribution in [0.2, 0.25) is 10.0 Å². The molecule has 0 spiro atoms. The number of nitrogens with zero attached hydrogens (tertiary/aromatic N) is 1. The molecule has 1 fully saturated rings. The number of amides is 2. The molecule has 2 aromatic carbocycles. The van der Waals surface area contributed by atoms with E-state index >= 15 is 0 Å². The van der Waals surface area contributed by atoms with Crippen molar-refractivity contribution >= 4 is 50.9 Å². The number of hydrogen-bond donors (Lipinski definition) is 1. The number of benzene rings is 2. The van der Waals surface area contributed by atoms with Crippen molar-refractivity contribution in [1.29, 1.82) is 0 Å². The molecular formula is C24H27BrCl2N2O3. The largest absolute Gasteiger partial charge is 0.484 e. The van der Waals surface area contributed by atoms with E-state index < -0.39 is 6.04 Å². The van der Waals surface area contributed by atoms with Gasteiger partial charge in [0, 0.05) is 32.7 Å². The average Bonchev–Trinajstić information content (AvgIpc) is 2.78. The summed E-state index contributed by atoms with van der Waals surface area (Å²) in [5, 5.41) is 4.00. The standard InChI is InChI=1S/C24H27BrCl2N2O3/c1-16(24(31)28-18-6-3-2-4-7-18)29(14-20-21(26)8-5-9-22(20)27)23(30)15-32-19-12-10-17(25)11-13-19/h5,8-13,16,18H,2-4,6-7,14-15H2,1H3,(H,28,31)/t16-/m1/s1. The molecule has 0 saturated heterocycles. The second-order valence-electron chi connectivity index (χ2n) is 7.98. The van der Waals surface area contributed by atoms with Gasteiger partial charge in [0.25, 0.3) is 5.91 Å². The molecule has 0 aliphatic heterocycles. The van der Waals surface area contributed by atoms with Crippen LogP contribution in [0.25, 0.3) is 0 Å². The summed E-state index contributed by atoms with van der Waals surface area (Å²) in [4.78, 5) is 27.7. The van der Waals surface area contributed by atoms with Crippen LogP contribution in [0.3, 0.4) is 0 Å². The molecule has 2 aromatic rings. The van der Waals surface area contributed by atoms with E-state index in [1.165, 1.54) is 11.3 Å². The van der Waals surface area contributed by atoms with E-state index in [-0.39, 0.29) is 31.0 Å². The summed E-state index contributed by atoms with van der Waals surface area (Å²) in [6.07, 6.45) is 5.35. The molecule has 1 atom stereocenters. The van der Waals surface area contributed by atoms with E-state index in [4.69, 9.17) is 27.9 Å². The van der Waals surface area contributed by atoms with Crippen molar-refractivity contribution < 1.29 is 14.3 Å². The summed E-state index contributed by atoms with van der Waals surface area (Å²) in [7, 11) is 0. The smallest absolute Gasteiger partial charge is 0.261 e. The third kappa shape index (κ3) is 6.87. The maximum atomic E-state index is 13.2. The molecule has 8 heteroatoms. The highest BCUT2D eigenvalue weighted by Gasteiger charge is 2.29. The molecule has 1 aliphatic rings. The molecule has 0 bridgehead atoms. The Labute approximate surface area is 207 Å². The first kappa shape index (κ1) is 24.9. The van der Waals surface area contributed by atoms with Crippen LogP contribution in [0.4, 0.5) is 0 Å². The van der Waals surface area contributed by atoms with Gasteiger partial charge in [0.05, 0.1) is 0 Å². The number of carbonyl (C=O) groups is 2. The highest BCUT2D eigenvalue weighted by Crippen LogP contribution is 2.27. The Morgan fingerprint density at radius 1 is 1.09 bits per heavy atom. The fraction of sp³-hybridized carbons (Fsp3) is 0.417. The number of rotatable bonds is 8. The third-order valence-corrected chi connectivity index (χ3v) is 6.92. The summed E-state index contributed by atoms with van der Waals surface area (Å²) < 4.78 is 6.59. The Morgan fingerprint density at radius 2 is 1.72 bits per heavy atom. The molecule has 0 unspecified atom stereocenters. The zero-order valence-corrected chi connectivity index (χ0v) is 21.0. The predicted molar refractivity (Wildman–Crippen MR) is 131 cm³/mol. The minimum atomic E-state index is -0.703. The lowest BCUT2D eigenvalue weighted by Crippen LogP contribution is -2.51. The lowest BCUT2D eigenvalue weighted by Gasteiger charge is -2.31. The van der Waals surface area contributed by atoms with E-state index in [1.807, 2.05) is 12.1 Å². The first-order chi connectivity index (χ1) is 15.3. The topological polar surface area (TPSA) is 58.6 Å². The molecule has 172 valence electrons. The van der Waals surface area contributed by atoms with Crippen LogP contribution >= 0.6 is 39.1 Å². The van der Waals surface area contributed by atoms with Crippen molar-refractivity contribution in [3.05, 3.63) is 62.5 Å². The van der Waals surface area contributed by atoms with Crippen LogP contribution in [0.5, 0.6) is 5.75 Å². The fourth-order valence-electron chi connectivity index (χ4n) is 3.76. The van der Waals surface area contributed by atoms with Crippen molar-refractivity contribution in [2.45, 2.75) is 57.7 Å². The van der Waals surface area contributed by atoms with Gasteiger partial charge >= 0.3 is 0 Å². The van der Waals surface area contributed by atoms with Gasteiger partial charge in [-0.25, -0.2) is 0 Å². The van der Waals surface area contributed by atoms with Crippen molar-refractivity contribution in [2.24, 2.45) is 0 Å². The minimum absolute atomic E-state index is 0.111. The van der Waals surface area contributed by atoms with Crippen molar-refractivity contribution in [1.82, 2.24) is 10.2 Å². The first-order valence-electron chi connectivity index (χ1n) is 10.8. The molecule has 0 heterocycles. The van der Waals surface area contributed by atoms with Crippen LogP contribution < -0.4 is 10.1 Å². The van der Waals surface area contributed by atoms with E-state index in [0.717, 1.165) is 30.2 Å². The Kier molecular flexibility index (Phi) is 9.26. The normalized spacial score (nSPS) is 15.1. The molecule has 1 N–H and O–H groups in total. The van der Waals surface area contributed by atoms with Crippen LogP contribution in [-0.2, 0) is 16.1 Å². The highest BCUT2D eigenvalue weighted by molar-refractivity contribution is 9.10. The fourth-order valence-corrected chi connectivity index (χ4v) is 4.55. The van der Waals surface area contributed by atoms with Gasteiger partial charge in [-0.1, -0.05) is 64.5 Å². The monoisotopic (exact) mass is 540 g/mol. The van der Waals surface area contributed by atoms with Gasteiger partial charge in [-0.05, 0) is 56.2 Å². The summed E-state index contributed by atoms with van der Waals surface area (Å²) in [6, 6.07) is 11.8. The van der Waals surface area contributed by atoms with Crippen LogP contribution in [0.15, 0.2) is 46.9 Å². The van der Waals surface area contributed by atoms with Gasteiger partial charge in [0.1, 0.15) is 11.8 Å². The predicted octanol–water partition coefficient (Wildman–Crippen LogP) is 6.00. The summed E-state index contributed by atoms with van der Waals surface area (Å²) >= 11 is 16.1. The molecule has 0 radical (unpaired) electrons. The summed E-state index contributed by atoms with van der Waals surface area (Å²) in [5.74, 6) is 0.0591. The Balaban J connectivity index is 1.75. The van der Waals surface area contributed by atoms with Gasteiger partial charge in [-0.3, -0.25) is 9.59 Å². The first-order valence-corrected chi connectivity index (χ1v) is 12.3. The molecule has 1 aliphatic carbocycles. The molecule has 2 amide bonds. The lowest BCUT2D eigenvalue weighted by molar-refractivity contribution is -0.142. The van der Waals surface area contributed by atoms with Crippen LogP contribution in [0.1, 0.15) is 44.6 Å². The van der Waals surface area contributed by atoms with Crippen LogP contribution in [-0.4, -0.2) is 35.4 Å². The molecule has 5 nitrogen and oxygen atoms in total. The lowest BCUT2D eigenvalue weighted by atomic mass is 9.95. The van der Waals surface area contributed by atoms with Gasteiger partial charge in [-0.2, -0.15) is 0 Å². The minimum Gasteiger partial charge on any atom is -0.484 e. The Bertz CT molecular complexity index is 913. The van der Waals surface area contributed by atoms with Crippen molar-refractivity contribution in [3.8, 4) is 5.75 Å². The number of hydrogen-bond acceptors (Lipinski definition) is 3. The number of ether oxygens (including phenoxy) is 1. The van der Waals surface area contributed by atoms with E-state index in [1.54, 1.807) is 37.3 Å². The molecule has 0 aromatic heterocycles. The van der Waals surface area contributed by atoms with E-state index in [2.05, 4.69) is 21.2 Å². The summed E-state index contributed by atoms with van der Waals surface area (Å²) in [5.41, 5.74) is 0.602. The van der Waals surface area contributed by atoms with E-state index in [9.17, 15) is 9.59 Å². The third-order valence-electron chi connectivity index (χ3n) is 5.68. The van der Waals surface area contributed by atoms with Crippen molar-refractivity contribution in [2.75, 3.05) is 6.61 Å². The second kappa shape index (κ2) is 11.9. The van der Waals surface area contributed by atoms with Gasteiger partial charge in [-0.15, -0.1) is 0 Å². The van der Waals surface area contributed by atoms with Crippen molar-refractivity contribution in [3.63, 3.8) is 0 Å². The molecular weight excluding hydrogens is 515 g/mol.